The number of hydrogen-bond donors (Lipinski definition) is 1. The van der Waals surface area contributed by atoms with Crippen molar-refractivity contribution in [3.63, 3.8) is 0 Å². The Morgan fingerprint density at radius 3 is 2.45 bits per heavy atom. The molecule has 4 nitrogen and oxygen atoms in total. The fourth-order valence-electron chi connectivity index (χ4n) is 4.38. The second-order valence-corrected chi connectivity index (χ2v) is 9.28. The van der Waals surface area contributed by atoms with Gasteiger partial charge < -0.3 is 14.5 Å². The van der Waals surface area contributed by atoms with Crippen molar-refractivity contribution in [1.29, 1.82) is 0 Å². The summed E-state index contributed by atoms with van der Waals surface area (Å²) in [4.78, 5) is 17.0. The van der Waals surface area contributed by atoms with Crippen LogP contribution in [-0.4, -0.2) is 17.9 Å². The van der Waals surface area contributed by atoms with Gasteiger partial charge in [0.05, 0.1) is 12.7 Å². The summed E-state index contributed by atoms with van der Waals surface area (Å²) in [7, 11) is 1.65. The van der Waals surface area contributed by atoms with Crippen molar-refractivity contribution in [2.45, 2.75) is 25.9 Å². The van der Waals surface area contributed by atoms with Crippen molar-refractivity contribution in [2.75, 3.05) is 7.11 Å². The molecule has 4 aromatic rings. The van der Waals surface area contributed by atoms with Gasteiger partial charge in [-0.15, -0.1) is 0 Å². The van der Waals surface area contributed by atoms with E-state index in [0.717, 1.165) is 43.5 Å². The smallest absolute Gasteiger partial charge is 0.195 e. The topological polar surface area (TPSA) is 51.3 Å². The summed E-state index contributed by atoms with van der Waals surface area (Å²) < 4.78 is 12.2. The fraction of sp³-hybridized carbons (Fsp3) is 0.192. The van der Waals surface area contributed by atoms with E-state index in [9.17, 15) is 4.79 Å². The van der Waals surface area contributed by atoms with Crippen molar-refractivity contribution in [1.82, 2.24) is 4.98 Å². The maximum Gasteiger partial charge on any atom is 0.195 e. The average Bonchev–Trinajstić information content (AvgIpc) is 3.16. The molecule has 31 heavy (non-hydrogen) atoms. The van der Waals surface area contributed by atoms with Crippen LogP contribution >= 0.6 is 15.9 Å². The number of benzene rings is 3. The molecule has 0 atom stereocenters. The molecule has 0 spiro atoms. The monoisotopic (exact) mass is 475 g/mol. The quantitative estimate of drug-likeness (QED) is 0.372. The molecule has 3 aromatic carbocycles. The number of hydrogen-bond acceptors (Lipinski definition) is 3. The van der Waals surface area contributed by atoms with Crippen LogP contribution in [0.3, 0.4) is 0 Å². The number of carbonyl (C=O) groups is 1. The second-order valence-electron chi connectivity index (χ2n) is 8.36. The van der Waals surface area contributed by atoms with Crippen LogP contribution in [0.1, 0.15) is 46.6 Å². The molecule has 0 fully saturated rings. The number of ether oxygens (including phenoxy) is 2. The van der Waals surface area contributed by atoms with Crippen molar-refractivity contribution >= 4 is 32.6 Å². The third-order valence-electron chi connectivity index (χ3n) is 6.09. The van der Waals surface area contributed by atoms with Gasteiger partial charge in [-0.05, 0) is 47.5 Å². The van der Waals surface area contributed by atoms with Crippen LogP contribution in [0.4, 0.5) is 0 Å². The van der Waals surface area contributed by atoms with Gasteiger partial charge in [0, 0.05) is 32.0 Å². The van der Waals surface area contributed by atoms with Gasteiger partial charge in [-0.2, -0.15) is 0 Å². The molecule has 1 heterocycles. The Kier molecular flexibility index (Phi) is 4.67. The lowest BCUT2D eigenvalue weighted by molar-refractivity contribution is 0.103. The molecule has 5 heteroatoms. The lowest BCUT2D eigenvalue weighted by Gasteiger charge is -2.32. The molecule has 0 unspecified atom stereocenters. The van der Waals surface area contributed by atoms with E-state index >= 15 is 0 Å². The Hall–Kier alpha value is -3.05. The summed E-state index contributed by atoms with van der Waals surface area (Å²) in [6, 6.07) is 19.6. The Morgan fingerprint density at radius 2 is 1.71 bits per heavy atom. The van der Waals surface area contributed by atoms with Crippen LogP contribution in [-0.2, 0) is 12.0 Å². The SMILES string of the molecule is COc1ccc(COc2ccc3c(c2)C(=O)c2c([nH]c4cc(Br)ccc24)C3(C)C)cc1. The van der Waals surface area contributed by atoms with Gasteiger partial charge in [-0.25, -0.2) is 0 Å². The highest BCUT2D eigenvalue weighted by Gasteiger charge is 2.39. The van der Waals surface area contributed by atoms with Crippen LogP contribution in [0, 0.1) is 0 Å². The number of aromatic amines is 1. The Bertz CT molecular complexity index is 1320. The molecular weight excluding hydrogens is 454 g/mol. The molecule has 0 radical (unpaired) electrons. The van der Waals surface area contributed by atoms with E-state index in [1.54, 1.807) is 7.11 Å². The Balaban J connectivity index is 1.51. The van der Waals surface area contributed by atoms with Crippen molar-refractivity contribution in [2.24, 2.45) is 0 Å². The third-order valence-corrected chi connectivity index (χ3v) is 6.58. The summed E-state index contributed by atoms with van der Waals surface area (Å²) in [5.74, 6) is 1.53. The highest BCUT2D eigenvalue weighted by atomic mass is 79.9. The van der Waals surface area contributed by atoms with Gasteiger partial charge >= 0.3 is 0 Å². The largest absolute Gasteiger partial charge is 0.497 e. The summed E-state index contributed by atoms with van der Waals surface area (Å²) >= 11 is 3.52. The molecule has 5 rings (SSSR count). The predicted molar refractivity (Wildman–Crippen MR) is 125 cm³/mol. The first-order chi connectivity index (χ1) is 14.9. The van der Waals surface area contributed by atoms with Crippen LogP contribution in [0.2, 0.25) is 0 Å². The molecule has 0 bridgehead atoms. The summed E-state index contributed by atoms with van der Waals surface area (Å²) in [6.07, 6.45) is 0. The molecule has 156 valence electrons. The normalized spacial score (nSPS) is 14.3. The molecule has 0 aliphatic heterocycles. The molecule has 1 aliphatic rings. The van der Waals surface area contributed by atoms with E-state index in [1.165, 1.54) is 0 Å². The maximum absolute atomic E-state index is 13.6. The van der Waals surface area contributed by atoms with Crippen molar-refractivity contribution < 1.29 is 14.3 Å². The van der Waals surface area contributed by atoms with Crippen molar-refractivity contribution in [3.8, 4) is 11.5 Å². The summed E-state index contributed by atoms with van der Waals surface area (Å²) in [5, 5.41) is 0.950. The number of fused-ring (bicyclic) bond motifs is 4. The minimum absolute atomic E-state index is 0.0350. The molecular formula is C26H22BrNO3. The van der Waals surface area contributed by atoms with E-state index in [0.29, 0.717) is 17.9 Å². The van der Waals surface area contributed by atoms with Crippen LogP contribution in [0.25, 0.3) is 10.9 Å². The van der Waals surface area contributed by atoms with Gasteiger partial charge in [0.15, 0.2) is 5.78 Å². The van der Waals surface area contributed by atoms with E-state index in [-0.39, 0.29) is 11.2 Å². The number of H-pyrrole nitrogens is 1. The number of rotatable bonds is 4. The molecule has 0 amide bonds. The highest BCUT2D eigenvalue weighted by molar-refractivity contribution is 9.10. The number of halogens is 1. The zero-order valence-electron chi connectivity index (χ0n) is 17.6. The minimum Gasteiger partial charge on any atom is -0.497 e. The summed E-state index contributed by atoms with van der Waals surface area (Å²) in [5.41, 5.74) is 5.11. The summed E-state index contributed by atoms with van der Waals surface area (Å²) in [6.45, 7) is 4.73. The second kappa shape index (κ2) is 7.27. The molecule has 0 saturated carbocycles. The molecule has 0 saturated heterocycles. The van der Waals surface area contributed by atoms with E-state index in [2.05, 4.69) is 34.8 Å². The minimum atomic E-state index is -0.321. The van der Waals surface area contributed by atoms with E-state index in [1.807, 2.05) is 60.7 Å². The zero-order valence-corrected chi connectivity index (χ0v) is 19.2. The number of carbonyl (C=O) groups excluding carboxylic acids is 1. The van der Waals surface area contributed by atoms with Crippen LogP contribution in [0.5, 0.6) is 11.5 Å². The predicted octanol–water partition coefficient (Wildman–Crippen LogP) is 6.39. The standard InChI is InChI=1S/C26H22BrNO3/c1-26(2)21-11-9-18(31-14-15-4-7-17(30-3)8-5-15)13-20(21)24(29)23-19-10-6-16(27)12-22(19)28-25(23)26/h4-13,28H,14H2,1-3H3. The van der Waals surface area contributed by atoms with Crippen molar-refractivity contribution in [3.05, 3.63) is 93.1 Å². The zero-order chi connectivity index (χ0) is 21.8. The van der Waals surface area contributed by atoms with Gasteiger partial charge in [-0.1, -0.05) is 54.0 Å². The van der Waals surface area contributed by atoms with Gasteiger partial charge in [0.1, 0.15) is 18.1 Å². The van der Waals surface area contributed by atoms with Crippen LogP contribution < -0.4 is 9.47 Å². The van der Waals surface area contributed by atoms with E-state index < -0.39 is 0 Å². The first kappa shape index (κ1) is 19.9. The Morgan fingerprint density at radius 1 is 0.968 bits per heavy atom. The molecule has 1 aromatic heterocycles. The molecule has 1 N–H and O–H groups in total. The highest BCUT2D eigenvalue weighted by Crippen LogP contribution is 2.44. The Labute approximate surface area is 189 Å². The number of methoxy groups -OCH3 is 1. The lowest BCUT2D eigenvalue weighted by atomic mass is 9.71. The first-order valence-electron chi connectivity index (χ1n) is 10.1. The molecule has 1 aliphatic carbocycles. The van der Waals surface area contributed by atoms with Gasteiger partial charge in [0.2, 0.25) is 0 Å². The van der Waals surface area contributed by atoms with Gasteiger partial charge in [0.25, 0.3) is 0 Å². The first-order valence-corrected chi connectivity index (χ1v) is 10.9. The lowest BCUT2D eigenvalue weighted by Crippen LogP contribution is -2.30. The maximum atomic E-state index is 13.6. The number of nitrogens with one attached hydrogen (secondary N) is 1. The fourth-order valence-corrected chi connectivity index (χ4v) is 4.74. The number of aromatic nitrogens is 1. The van der Waals surface area contributed by atoms with E-state index in [4.69, 9.17) is 9.47 Å². The van der Waals surface area contributed by atoms with Gasteiger partial charge in [-0.3, -0.25) is 4.79 Å². The average molecular weight is 476 g/mol. The third kappa shape index (κ3) is 3.24. The van der Waals surface area contributed by atoms with Crippen LogP contribution in [0.15, 0.2) is 65.1 Å². The number of ketones is 1.